The van der Waals surface area contributed by atoms with Gasteiger partial charge in [-0.3, -0.25) is 13.9 Å². The number of hydrogen-bond donors (Lipinski definition) is 1. The van der Waals surface area contributed by atoms with Crippen LogP contribution in [0.1, 0.15) is 37.5 Å². The van der Waals surface area contributed by atoms with Crippen LogP contribution in [0.3, 0.4) is 0 Å². The fraction of sp³-hybridized carbons (Fsp3) is 0.278. The Morgan fingerprint density at radius 2 is 1.30 bits per heavy atom. The number of aryl methyl sites for hydroxylation is 1. The van der Waals surface area contributed by atoms with Gasteiger partial charge in [0.05, 0.1) is 10.6 Å². The van der Waals surface area contributed by atoms with Crippen LogP contribution in [-0.4, -0.2) is 44.3 Å². The van der Waals surface area contributed by atoms with Gasteiger partial charge >= 0.3 is 0 Å². The minimum atomic E-state index is -4.13. The first-order valence-corrected chi connectivity index (χ1v) is 16.5. The Bertz CT molecular complexity index is 1610. The molecule has 1 N–H and O–H groups in total. The number of nitrogens with zero attached hydrogens (tertiary/aromatic N) is 2. The molecule has 2 amide bonds. The number of para-hydroxylation sites is 1. The van der Waals surface area contributed by atoms with Crippen LogP contribution in [0.5, 0.6) is 0 Å². The Morgan fingerprint density at radius 3 is 1.89 bits per heavy atom. The molecule has 4 aromatic carbocycles. The van der Waals surface area contributed by atoms with Gasteiger partial charge in [-0.05, 0) is 47.2 Å². The fourth-order valence-electron chi connectivity index (χ4n) is 5.04. The fourth-order valence-corrected chi connectivity index (χ4v) is 6.52. The smallest absolute Gasteiger partial charge is 0.264 e. The predicted molar refractivity (Wildman–Crippen MR) is 176 cm³/mol. The molecular formula is C36H41N3O4S. The molecule has 8 heteroatoms. The molecule has 0 fully saturated rings. The monoisotopic (exact) mass is 611 g/mol. The van der Waals surface area contributed by atoms with Crippen molar-refractivity contribution in [3.8, 4) is 0 Å². The standard InChI is InChI=1S/C36H41N3O4S/c1-4-31-20-14-15-23-33(31)39(44(42,43)32-21-12-7-13-22-32)27-35(40)38(26-30-18-10-6-11-19-30)34(36(41)37-25-28(2)3)24-29-16-8-5-9-17-29/h5-23,28,34H,4,24-27H2,1-3H3,(H,37,41)/t34-/m1/s1. The van der Waals surface area contributed by atoms with E-state index in [1.807, 2.05) is 93.6 Å². The lowest BCUT2D eigenvalue weighted by molar-refractivity contribution is -0.140. The highest BCUT2D eigenvalue weighted by atomic mass is 32.2. The maximum atomic E-state index is 14.5. The zero-order valence-corrected chi connectivity index (χ0v) is 26.4. The van der Waals surface area contributed by atoms with Gasteiger partial charge in [0.2, 0.25) is 11.8 Å². The molecule has 0 aliphatic rings. The third-order valence-corrected chi connectivity index (χ3v) is 9.18. The van der Waals surface area contributed by atoms with E-state index in [0.29, 0.717) is 18.7 Å². The van der Waals surface area contributed by atoms with Crippen LogP contribution in [0.4, 0.5) is 5.69 Å². The van der Waals surface area contributed by atoms with Gasteiger partial charge in [-0.25, -0.2) is 8.42 Å². The molecular weight excluding hydrogens is 570 g/mol. The molecule has 230 valence electrons. The molecule has 0 heterocycles. The number of nitrogens with one attached hydrogen (secondary N) is 1. The largest absolute Gasteiger partial charge is 0.354 e. The summed E-state index contributed by atoms with van der Waals surface area (Å²) in [5.74, 6) is -0.537. The molecule has 4 rings (SSSR count). The molecule has 0 aliphatic carbocycles. The molecule has 0 aromatic heterocycles. The van der Waals surface area contributed by atoms with Crippen LogP contribution in [0, 0.1) is 5.92 Å². The quantitative estimate of drug-likeness (QED) is 0.194. The van der Waals surface area contributed by atoms with Crippen molar-refractivity contribution >= 4 is 27.5 Å². The van der Waals surface area contributed by atoms with Crippen molar-refractivity contribution in [1.29, 1.82) is 0 Å². The summed E-state index contributed by atoms with van der Waals surface area (Å²) < 4.78 is 29.5. The van der Waals surface area contributed by atoms with Crippen molar-refractivity contribution in [2.24, 2.45) is 5.92 Å². The number of hydrogen-bond acceptors (Lipinski definition) is 4. The second-order valence-electron chi connectivity index (χ2n) is 11.2. The Labute approximate surface area is 261 Å². The number of benzene rings is 4. The molecule has 0 spiro atoms. The lowest BCUT2D eigenvalue weighted by Crippen LogP contribution is -2.53. The van der Waals surface area contributed by atoms with Crippen LogP contribution < -0.4 is 9.62 Å². The minimum absolute atomic E-state index is 0.0869. The molecule has 0 radical (unpaired) electrons. The van der Waals surface area contributed by atoms with Crippen molar-refractivity contribution in [3.05, 3.63) is 132 Å². The lowest BCUT2D eigenvalue weighted by atomic mass is 10.0. The first-order chi connectivity index (χ1) is 21.2. The first-order valence-electron chi connectivity index (χ1n) is 15.0. The molecule has 1 atom stereocenters. The molecule has 4 aromatic rings. The van der Waals surface area contributed by atoms with Gasteiger partial charge in [0.1, 0.15) is 12.6 Å². The van der Waals surface area contributed by atoms with Crippen molar-refractivity contribution in [3.63, 3.8) is 0 Å². The van der Waals surface area contributed by atoms with Crippen LogP contribution in [0.2, 0.25) is 0 Å². The van der Waals surface area contributed by atoms with Crippen molar-refractivity contribution < 1.29 is 18.0 Å². The Hall–Kier alpha value is -4.43. The molecule has 7 nitrogen and oxygen atoms in total. The molecule has 0 aliphatic heterocycles. The average Bonchev–Trinajstić information content (AvgIpc) is 3.05. The van der Waals surface area contributed by atoms with Gasteiger partial charge in [-0.2, -0.15) is 0 Å². The highest BCUT2D eigenvalue weighted by Gasteiger charge is 2.35. The molecule has 0 saturated heterocycles. The van der Waals surface area contributed by atoms with Crippen molar-refractivity contribution in [2.75, 3.05) is 17.4 Å². The van der Waals surface area contributed by atoms with E-state index in [2.05, 4.69) is 5.32 Å². The van der Waals surface area contributed by atoms with Crippen LogP contribution >= 0.6 is 0 Å². The normalized spacial score (nSPS) is 12.0. The number of amides is 2. The Balaban J connectivity index is 1.80. The van der Waals surface area contributed by atoms with Gasteiger partial charge in [0, 0.05) is 19.5 Å². The van der Waals surface area contributed by atoms with E-state index in [-0.39, 0.29) is 29.7 Å². The lowest BCUT2D eigenvalue weighted by Gasteiger charge is -2.34. The van der Waals surface area contributed by atoms with Crippen LogP contribution in [0.15, 0.2) is 120 Å². The summed E-state index contributed by atoms with van der Waals surface area (Å²) in [6, 6.07) is 33.5. The summed E-state index contributed by atoms with van der Waals surface area (Å²) in [5.41, 5.74) is 2.97. The number of rotatable bonds is 14. The van der Waals surface area contributed by atoms with Gasteiger partial charge in [-0.1, -0.05) is 118 Å². The summed E-state index contributed by atoms with van der Waals surface area (Å²) in [7, 11) is -4.13. The summed E-state index contributed by atoms with van der Waals surface area (Å²) in [6.45, 7) is 6.10. The number of anilines is 1. The SMILES string of the molecule is CCc1ccccc1N(CC(=O)N(Cc1ccccc1)[C@H](Cc1ccccc1)C(=O)NCC(C)C)S(=O)(=O)c1ccccc1. The Kier molecular flexibility index (Phi) is 11.3. The topological polar surface area (TPSA) is 86.8 Å². The second kappa shape index (κ2) is 15.3. The zero-order valence-electron chi connectivity index (χ0n) is 25.6. The predicted octanol–water partition coefficient (Wildman–Crippen LogP) is 5.86. The third-order valence-electron chi connectivity index (χ3n) is 7.40. The molecule has 44 heavy (non-hydrogen) atoms. The van der Waals surface area contributed by atoms with Crippen LogP contribution in [0.25, 0.3) is 0 Å². The van der Waals surface area contributed by atoms with Crippen molar-refractivity contribution in [2.45, 2.75) is 51.1 Å². The number of sulfonamides is 1. The van der Waals surface area contributed by atoms with Gasteiger partial charge < -0.3 is 10.2 Å². The van der Waals surface area contributed by atoms with E-state index in [4.69, 9.17) is 0 Å². The second-order valence-corrected chi connectivity index (χ2v) is 13.0. The average molecular weight is 612 g/mol. The van der Waals surface area contributed by atoms with Crippen LogP contribution in [-0.2, 0) is 39.0 Å². The summed E-state index contributed by atoms with van der Waals surface area (Å²) >= 11 is 0. The van der Waals surface area contributed by atoms with Gasteiger partial charge in [-0.15, -0.1) is 0 Å². The van der Waals surface area contributed by atoms with Crippen molar-refractivity contribution in [1.82, 2.24) is 10.2 Å². The summed E-state index contributed by atoms with van der Waals surface area (Å²) in [6.07, 6.45) is 0.855. The highest BCUT2D eigenvalue weighted by molar-refractivity contribution is 7.92. The zero-order chi connectivity index (χ0) is 31.5. The van der Waals surface area contributed by atoms with E-state index >= 15 is 0 Å². The molecule has 0 saturated carbocycles. The number of carbonyl (C=O) groups is 2. The van der Waals surface area contributed by atoms with E-state index < -0.39 is 28.5 Å². The number of carbonyl (C=O) groups excluding carboxylic acids is 2. The van der Waals surface area contributed by atoms with E-state index in [1.165, 1.54) is 21.3 Å². The highest BCUT2D eigenvalue weighted by Crippen LogP contribution is 2.28. The molecule has 0 unspecified atom stereocenters. The first kappa shape index (κ1) is 32.5. The van der Waals surface area contributed by atoms with Gasteiger partial charge in [0.25, 0.3) is 10.0 Å². The van der Waals surface area contributed by atoms with E-state index in [0.717, 1.165) is 16.7 Å². The summed E-state index contributed by atoms with van der Waals surface area (Å²) in [4.78, 5) is 30.0. The maximum Gasteiger partial charge on any atom is 0.264 e. The molecule has 0 bridgehead atoms. The minimum Gasteiger partial charge on any atom is -0.354 e. The maximum absolute atomic E-state index is 14.5. The summed E-state index contributed by atoms with van der Waals surface area (Å²) in [5, 5.41) is 3.02. The van der Waals surface area contributed by atoms with Gasteiger partial charge in [0.15, 0.2) is 0 Å². The third kappa shape index (κ3) is 8.35. The van der Waals surface area contributed by atoms with E-state index in [1.54, 1.807) is 30.3 Å². The Morgan fingerprint density at radius 1 is 0.750 bits per heavy atom. The van der Waals surface area contributed by atoms with E-state index in [9.17, 15) is 18.0 Å².